The minimum absolute atomic E-state index is 0.0638. The fourth-order valence-corrected chi connectivity index (χ4v) is 2.75. The van der Waals surface area contributed by atoms with Crippen molar-refractivity contribution >= 4 is 16.0 Å². The molecular formula is C13H20N2O4S. The van der Waals surface area contributed by atoms with Gasteiger partial charge >= 0.3 is 5.97 Å². The molecule has 0 aromatic carbocycles. The first-order valence-electron chi connectivity index (χ1n) is 6.47. The molecule has 0 bridgehead atoms. The third-order valence-corrected chi connectivity index (χ3v) is 4.15. The number of nitrogens with one attached hydrogen (secondary N) is 1. The van der Waals surface area contributed by atoms with E-state index in [0.717, 1.165) is 12.1 Å². The molecule has 1 aromatic rings. The molecule has 1 aromatic heterocycles. The SMILES string of the molecule is COC(=O)CCCS(=O)(=O)NCCCc1ccccn1. The van der Waals surface area contributed by atoms with E-state index in [2.05, 4.69) is 14.4 Å². The van der Waals surface area contributed by atoms with Crippen LogP contribution in [0.1, 0.15) is 25.0 Å². The van der Waals surface area contributed by atoms with Gasteiger partial charge in [-0.2, -0.15) is 0 Å². The molecule has 0 aliphatic rings. The second kappa shape index (κ2) is 8.65. The molecule has 0 saturated carbocycles. The molecule has 0 saturated heterocycles. The minimum atomic E-state index is -3.32. The van der Waals surface area contributed by atoms with Crippen LogP contribution < -0.4 is 4.72 Å². The molecule has 20 heavy (non-hydrogen) atoms. The Morgan fingerprint density at radius 1 is 1.35 bits per heavy atom. The van der Waals surface area contributed by atoms with Crippen molar-refractivity contribution in [2.75, 3.05) is 19.4 Å². The number of nitrogens with zero attached hydrogens (tertiary/aromatic N) is 1. The largest absolute Gasteiger partial charge is 0.469 e. The predicted octanol–water partition coefficient (Wildman–Crippen LogP) is 0.887. The van der Waals surface area contributed by atoms with E-state index in [0.29, 0.717) is 13.0 Å². The summed E-state index contributed by atoms with van der Waals surface area (Å²) < 4.78 is 30.2. The highest BCUT2D eigenvalue weighted by Crippen LogP contribution is 1.99. The van der Waals surface area contributed by atoms with Gasteiger partial charge in [-0.3, -0.25) is 9.78 Å². The molecule has 0 aliphatic heterocycles. The first-order valence-corrected chi connectivity index (χ1v) is 8.13. The first-order chi connectivity index (χ1) is 9.53. The van der Waals surface area contributed by atoms with Crippen molar-refractivity contribution < 1.29 is 17.9 Å². The van der Waals surface area contributed by atoms with E-state index in [1.165, 1.54) is 7.11 Å². The summed E-state index contributed by atoms with van der Waals surface area (Å²) in [5.41, 5.74) is 0.942. The van der Waals surface area contributed by atoms with Crippen LogP contribution in [0, 0.1) is 0 Å². The molecule has 7 heteroatoms. The van der Waals surface area contributed by atoms with Gasteiger partial charge in [0.1, 0.15) is 0 Å². The number of rotatable bonds is 9. The number of ether oxygens (including phenoxy) is 1. The lowest BCUT2D eigenvalue weighted by atomic mass is 10.2. The lowest BCUT2D eigenvalue weighted by Gasteiger charge is -2.06. The van der Waals surface area contributed by atoms with Crippen LogP contribution >= 0.6 is 0 Å². The maximum absolute atomic E-state index is 11.6. The maximum Gasteiger partial charge on any atom is 0.305 e. The summed E-state index contributed by atoms with van der Waals surface area (Å²) in [7, 11) is -2.03. The van der Waals surface area contributed by atoms with Crippen LogP contribution in [0.3, 0.4) is 0 Å². The molecule has 0 fully saturated rings. The van der Waals surface area contributed by atoms with E-state index in [1.54, 1.807) is 6.20 Å². The van der Waals surface area contributed by atoms with Crippen molar-refractivity contribution in [3.8, 4) is 0 Å². The Bertz CT molecular complexity index is 502. The summed E-state index contributed by atoms with van der Waals surface area (Å²) >= 11 is 0. The Hall–Kier alpha value is -1.47. The molecule has 0 amide bonds. The molecule has 1 heterocycles. The quantitative estimate of drug-likeness (QED) is 0.540. The zero-order valence-corrected chi connectivity index (χ0v) is 12.4. The van der Waals surface area contributed by atoms with Crippen LogP contribution in [0.2, 0.25) is 0 Å². The highest BCUT2D eigenvalue weighted by molar-refractivity contribution is 7.89. The van der Waals surface area contributed by atoms with Gasteiger partial charge in [0.15, 0.2) is 0 Å². The molecule has 0 unspecified atom stereocenters. The van der Waals surface area contributed by atoms with Crippen LogP contribution in [-0.2, 0) is 26.0 Å². The number of hydrogen-bond acceptors (Lipinski definition) is 5. The summed E-state index contributed by atoms with van der Waals surface area (Å²) in [4.78, 5) is 15.0. The number of pyridine rings is 1. The molecule has 0 radical (unpaired) electrons. The van der Waals surface area contributed by atoms with Gasteiger partial charge in [-0.05, 0) is 31.4 Å². The molecule has 0 spiro atoms. The van der Waals surface area contributed by atoms with Gasteiger partial charge in [-0.1, -0.05) is 6.07 Å². The van der Waals surface area contributed by atoms with Crippen LogP contribution in [0.25, 0.3) is 0 Å². The second-order valence-corrected chi connectivity index (χ2v) is 6.24. The normalized spacial score (nSPS) is 11.2. The number of carbonyl (C=O) groups is 1. The predicted molar refractivity (Wildman–Crippen MR) is 75.6 cm³/mol. The van der Waals surface area contributed by atoms with Gasteiger partial charge in [-0.25, -0.2) is 13.1 Å². The van der Waals surface area contributed by atoms with Crippen LogP contribution in [0.5, 0.6) is 0 Å². The average Bonchev–Trinajstić information content (AvgIpc) is 2.44. The van der Waals surface area contributed by atoms with Crippen molar-refractivity contribution in [1.82, 2.24) is 9.71 Å². The monoisotopic (exact) mass is 300 g/mol. The smallest absolute Gasteiger partial charge is 0.305 e. The van der Waals surface area contributed by atoms with Gasteiger partial charge in [0.2, 0.25) is 10.0 Å². The van der Waals surface area contributed by atoms with Gasteiger partial charge in [0.05, 0.1) is 12.9 Å². The lowest BCUT2D eigenvalue weighted by Crippen LogP contribution is -2.28. The van der Waals surface area contributed by atoms with Gasteiger partial charge in [0.25, 0.3) is 0 Å². The van der Waals surface area contributed by atoms with E-state index >= 15 is 0 Å². The summed E-state index contributed by atoms with van der Waals surface area (Å²) in [6.45, 7) is 0.372. The summed E-state index contributed by atoms with van der Waals surface area (Å²) in [6, 6.07) is 5.65. The molecular weight excluding hydrogens is 280 g/mol. The number of methoxy groups -OCH3 is 1. The lowest BCUT2D eigenvalue weighted by molar-refractivity contribution is -0.140. The number of esters is 1. The standard InChI is InChI=1S/C13H20N2O4S/c1-19-13(16)8-5-11-20(17,18)15-10-4-7-12-6-2-3-9-14-12/h2-3,6,9,15H,4-5,7-8,10-11H2,1H3. The number of aromatic nitrogens is 1. The van der Waals surface area contributed by atoms with Crippen molar-refractivity contribution in [2.45, 2.75) is 25.7 Å². The zero-order chi connectivity index (χ0) is 14.8. The average molecular weight is 300 g/mol. The van der Waals surface area contributed by atoms with Gasteiger partial charge in [-0.15, -0.1) is 0 Å². The van der Waals surface area contributed by atoms with Crippen LogP contribution in [-0.4, -0.2) is 38.8 Å². The zero-order valence-electron chi connectivity index (χ0n) is 11.5. The Morgan fingerprint density at radius 3 is 2.80 bits per heavy atom. The van der Waals surface area contributed by atoms with Crippen LogP contribution in [0.15, 0.2) is 24.4 Å². The van der Waals surface area contributed by atoms with E-state index in [9.17, 15) is 13.2 Å². The number of hydrogen-bond donors (Lipinski definition) is 1. The van der Waals surface area contributed by atoms with E-state index in [1.807, 2.05) is 18.2 Å². The molecule has 6 nitrogen and oxygen atoms in total. The van der Waals surface area contributed by atoms with Gasteiger partial charge < -0.3 is 4.74 Å². The Labute approximate surface area is 119 Å². The van der Waals surface area contributed by atoms with E-state index in [4.69, 9.17) is 0 Å². The van der Waals surface area contributed by atoms with Crippen LogP contribution in [0.4, 0.5) is 0 Å². The number of carbonyl (C=O) groups excluding carboxylic acids is 1. The molecule has 112 valence electrons. The molecule has 0 aliphatic carbocycles. The number of sulfonamides is 1. The van der Waals surface area contributed by atoms with Crippen molar-refractivity contribution in [3.05, 3.63) is 30.1 Å². The minimum Gasteiger partial charge on any atom is -0.469 e. The summed E-state index contributed by atoms with van der Waals surface area (Å²) in [5.74, 6) is -0.457. The van der Waals surface area contributed by atoms with Crippen molar-refractivity contribution in [1.29, 1.82) is 0 Å². The molecule has 1 N–H and O–H groups in total. The fourth-order valence-electron chi connectivity index (χ4n) is 1.62. The van der Waals surface area contributed by atoms with Crippen molar-refractivity contribution in [2.24, 2.45) is 0 Å². The summed E-state index contributed by atoms with van der Waals surface area (Å²) in [6.07, 6.45) is 3.51. The highest BCUT2D eigenvalue weighted by atomic mass is 32.2. The Morgan fingerprint density at radius 2 is 2.15 bits per heavy atom. The highest BCUT2D eigenvalue weighted by Gasteiger charge is 2.10. The van der Waals surface area contributed by atoms with Crippen molar-refractivity contribution in [3.63, 3.8) is 0 Å². The summed E-state index contributed by atoms with van der Waals surface area (Å²) in [5, 5.41) is 0. The number of aryl methyl sites for hydroxylation is 1. The second-order valence-electron chi connectivity index (χ2n) is 4.32. The fraction of sp³-hybridized carbons (Fsp3) is 0.538. The Kier molecular flexibility index (Phi) is 7.17. The molecule has 1 rings (SSSR count). The van der Waals surface area contributed by atoms with E-state index in [-0.39, 0.29) is 18.6 Å². The Balaban J connectivity index is 2.18. The first kappa shape index (κ1) is 16.6. The van der Waals surface area contributed by atoms with Gasteiger partial charge in [0, 0.05) is 24.9 Å². The third kappa shape index (κ3) is 7.20. The third-order valence-electron chi connectivity index (χ3n) is 2.68. The topological polar surface area (TPSA) is 85.4 Å². The maximum atomic E-state index is 11.6. The van der Waals surface area contributed by atoms with E-state index < -0.39 is 16.0 Å². The molecule has 0 atom stereocenters.